The van der Waals surface area contributed by atoms with E-state index >= 15 is 0 Å². The molecular weight excluding hydrogens is 294 g/mol. The molecule has 0 saturated carbocycles. The maximum atomic E-state index is 13.1. The van der Waals surface area contributed by atoms with E-state index in [4.69, 9.17) is 5.11 Å². The number of hydrogen-bond acceptors (Lipinski definition) is 2. The largest absolute Gasteiger partial charge is 0.416 e. The van der Waals surface area contributed by atoms with Gasteiger partial charge in [-0.15, -0.1) is 0 Å². The van der Waals surface area contributed by atoms with Crippen molar-refractivity contribution in [2.45, 2.75) is 12.3 Å². The summed E-state index contributed by atoms with van der Waals surface area (Å²) in [5, 5.41) is 10.9. The lowest BCUT2D eigenvalue weighted by atomic mass is 10.3. The predicted molar refractivity (Wildman–Crippen MR) is 54.7 cm³/mol. The van der Waals surface area contributed by atoms with Crippen molar-refractivity contribution in [2.75, 3.05) is 11.9 Å². The molecule has 7 heteroatoms. The fourth-order valence-corrected chi connectivity index (χ4v) is 1.32. The second kappa shape index (κ2) is 5.01. The van der Waals surface area contributed by atoms with Crippen LogP contribution in [0.2, 0.25) is 0 Å². The number of halogens is 5. The minimum absolute atomic E-state index is 0.0994. The highest BCUT2D eigenvalue weighted by molar-refractivity contribution is 9.10. The molecule has 16 heavy (non-hydrogen) atoms. The molecule has 0 spiro atoms. The third-order valence-electron chi connectivity index (χ3n) is 1.79. The molecule has 1 aromatic rings. The van der Waals surface area contributed by atoms with Gasteiger partial charge in [0, 0.05) is 11.0 Å². The van der Waals surface area contributed by atoms with Crippen molar-refractivity contribution in [1.29, 1.82) is 0 Å². The van der Waals surface area contributed by atoms with E-state index in [1.807, 2.05) is 0 Å². The van der Waals surface area contributed by atoms with Crippen molar-refractivity contribution in [3.8, 4) is 0 Å². The SMILES string of the molecule is OC(CNc1cc(Br)ccc1F)C(F)(F)F. The van der Waals surface area contributed by atoms with Crippen LogP contribution in [0.25, 0.3) is 0 Å². The highest BCUT2D eigenvalue weighted by atomic mass is 79.9. The van der Waals surface area contributed by atoms with Crippen molar-refractivity contribution in [3.05, 3.63) is 28.5 Å². The summed E-state index contributed by atoms with van der Waals surface area (Å²) < 4.78 is 49.4. The summed E-state index contributed by atoms with van der Waals surface area (Å²) in [6.07, 6.45) is -7.24. The quantitative estimate of drug-likeness (QED) is 0.842. The molecule has 0 aromatic heterocycles. The molecule has 0 aliphatic carbocycles. The van der Waals surface area contributed by atoms with Crippen LogP contribution in [-0.4, -0.2) is 23.9 Å². The minimum Gasteiger partial charge on any atom is -0.382 e. The van der Waals surface area contributed by atoms with E-state index in [1.54, 1.807) is 0 Å². The van der Waals surface area contributed by atoms with E-state index in [0.29, 0.717) is 4.47 Å². The first-order chi connectivity index (χ1) is 7.30. The molecule has 90 valence electrons. The number of anilines is 1. The molecule has 0 bridgehead atoms. The first kappa shape index (κ1) is 13.2. The van der Waals surface area contributed by atoms with Crippen LogP contribution in [-0.2, 0) is 0 Å². The monoisotopic (exact) mass is 301 g/mol. The number of rotatable bonds is 3. The zero-order valence-electron chi connectivity index (χ0n) is 7.85. The van der Waals surface area contributed by atoms with E-state index in [1.165, 1.54) is 12.1 Å². The lowest BCUT2D eigenvalue weighted by molar-refractivity contribution is -0.198. The fourth-order valence-electron chi connectivity index (χ4n) is 0.955. The summed E-state index contributed by atoms with van der Waals surface area (Å²) in [5.41, 5.74) is -0.0994. The molecule has 0 aliphatic heterocycles. The summed E-state index contributed by atoms with van der Waals surface area (Å²) in [6.45, 7) is -0.795. The highest BCUT2D eigenvalue weighted by Crippen LogP contribution is 2.23. The lowest BCUT2D eigenvalue weighted by Crippen LogP contribution is -2.35. The van der Waals surface area contributed by atoms with Crippen molar-refractivity contribution in [2.24, 2.45) is 0 Å². The summed E-state index contributed by atoms with van der Waals surface area (Å²) >= 11 is 3.05. The Morgan fingerprint density at radius 2 is 2.00 bits per heavy atom. The van der Waals surface area contributed by atoms with Crippen LogP contribution in [0.3, 0.4) is 0 Å². The standard InChI is InChI=1S/C9H8BrF4NO/c10-5-1-2-6(11)7(3-5)15-4-8(16)9(12,13)14/h1-3,8,15-16H,4H2. The van der Waals surface area contributed by atoms with Gasteiger partial charge in [0.2, 0.25) is 0 Å². The molecule has 0 amide bonds. The average Bonchev–Trinajstić information content (AvgIpc) is 2.17. The van der Waals surface area contributed by atoms with Crippen LogP contribution < -0.4 is 5.32 Å². The second-order valence-corrected chi connectivity index (χ2v) is 3.98. The Hall–Kier alpha value is -0.820. The molecule has 1 aromatic carbocycles. The molecule has 0 aliphatic rings. The molecule has 0 heterocycles. The van der Waals surface area contributed by atoms with Gasteiger partial charge >= 0.3 is 6.18 Å². The Balaban J connectivity index is 2.64. The summed E-state index contributed by atoms with van der Waals surface area (Å²) in [6, 6.07) is 3.81. The Morgan fingerprint density at radius 3 is 2.56 bits per heavy atom. The van der Waals surface area contributed by atoms with Gasteiger partial charge in [-0.25, -0.2) is 4.39 Å². The van der Waals surface area contributed by atoms with Gasteiger partial charge in [0.15, 0.2) is 6.10 Å². The van der Waals surface area contributed by atoms with Gasteiger partial charge < -0.3 is 10.4 Å². The molecule has 1 atom stereocenters. The maximum Gasteiger partial charge on any atom is 0.416 e. The van der Waals surface area contributed by atoms with Crippen molar-refractivity contribution < 1.29 is 22.7 Å². The minimum atomic E-state index is -4.71. The number of aliphatic hydroxyl groups excluding tert-OH is 1. The van der Waals surface area contributed by atoms with Crippen molar-refractivity contribution in [3.63, 3.8) is 0 Å². The zero-order valence-corrected chi connectivity index (χ0v) is 9.44. The van der Waals surface area contributed by atoms with Gasteiger partial charge in [0.25, 0.3) is 0 Å². The van der Waals surface area contributed by atoms with Crippen LogP contribution in [0, 0.1) is 5.82 Å². The number of aliphatic hydroxyl groups is 1. The summed E-state index contributed by atoms with van der Waals surface area (Å²) in [4.78, 5) is 0. The maximum absolute atomic E-state index is 13.1. The first-order valence-electron chi connectivity index (χ1n) is 4.24. The van der Waals surface area contributed by atoms with Crippen LogP contribution in [0.15, 0.2) is 22.7 Å². The summed E-state index contributed by atoms with van der Waals surface area (Å²) in [5.74, 6) is -0.683. The van der Waals surface area contributed by atoms with Crippen LogP contribution in [0.4, 0.5) is 23.2 Å². The van der Waals surface area contributed by atoms with Crippen LogP contribution >= 0.6 is 15.9 Å². The third-order valence-corrected chi connectivity index (χ3v) is 2.29. The Labute approximate surface area is 97.4 Å². The van der Waals surface area contributed by atoms with Gasteiger partial charge in [-0.05, 0) is 18.2 Å². The first-order valence-corrected chi connectivity index (χ1v) is 5.03. The van der Waals surface area contributed by atoms with E-state index in [2.05, 4.69) is 21.2 Å². The number of alkyl halides is 3. The molecule has 0 fully saturated rings. The van der Waals surface area contributed by atoms with Gasteiger partial charge in [0.05, 0.1) is 5.69 Å². The zero-order chi connectivity index (χ0) is 12.3. The van der Waals surface area contributed by atoms with Crippen molar-refractivity contribution in [1.82, 2.24) is 0 Å². The van der Waals surface area contributed by atoms with E-state index in [-0.39, 0.29) is 5.69 Å². The molecule has 1 rings (SSSR count). The third kappa shape index (κ3) is 3.64. The normalized spacial score (nSPS) is 13.6. The topological polar surface area (TPSA) is 32.3 Å². The molecule has 0 radical (unpaired) electrons. The number of hydrogen-bond donors (Lipinski definition) is 2. The second-order valence-electron chi connectivity index (χ2n) is 3.06. The Bertz CT molecular complexity index is 369. The molecular formula is C9H8BrF4NO. The number of benzene rings is 1. The highest BCUT2D eigenvalue weighted by Gasteiger charge is 2.37. The van der Waals surface area contributed by atoms with E-state index in [0.717, 1.165) is 6.07 Å². The Kier molecular flexibility index (Phi) is 4.15. The molecule has 0 saturated heterocycles. The van der Waals surface area contributed by atoms with Gasteiger partial charge in [0.1, 0.15) is 5.82 Å². The van der Waals surface area contributed by atoms with Crippen LogP contribution in [0.1, 0.15) is 0 Å². The molecule has 2 N–H and O–H groups in total. The molecule has 2 nitrogen and oxygen atoms in total. The van der Waals surface area contributed by atoms with E-state index < -0.39 is 24.6 Å². The Morgan fingerprint density at radius 1 is 1.38 bits per heavy atom. The summed E-state index contributed by atoms with van der Waals surface area (Å²) in [7, 11) is 0. The van der Waals surface area contributed by atoms with Crippen molar-refractivity contribution >= 4 is 21.6 Å². The lowest BCUT2D eigenvalue weighted by Gasteiger charge is -2.16. The van der Waals surface area contributed by atoms with Crippen LogP contribution in [0.5, 0.6) is 0 Å². The van der Waals surface area contributed by atoms with Gasteiger partial charge in [-0.1, -0.05) is 15.9 Å². The van der Waals surface area contributed by atoms with E-state index in [9.17, 15) is 17.6 Å². The average molecular weight is 302 g/mol. The number of nitrogens with one attached hydrogen (secondary N) is 1. The predicted octanol–water partition coefficient (Wildman–Crippen LogP) is 2.92. The van der Waals surface area contributed by atoms with Gasteiger partial charge in [-0.2, -0.15) is 13.2 Å². The van der Waals surface area contributed by atoms with Gasteiger partial charge in [-0.3, -0.25) is 0 Å². The smallest absolute Gasteiger partial charge is 0.382 e. The fraction of sp³-hybridized carbons (Fsp3) is 0.333. The molecule has 1 unspecified atom stereocenters.